The second-order valence-corrected chi connectivity index (χ2v) is 5.35. The van der Waals surface area contributed by atoms with Gasteiger partial charge in [0.2, 0.25) is 0 Å². The summed E-state index contributed by atoms with van der Waals surface area (Å²) in [4.78, 5) is 0. The molecule has 2 aromatic rings. The summed E-state index contributed by atoms with van der Waals surface area (Å²) in [5.74, 6) is 0. The highest BCUT2D eigenvalue weighted by molar-refractivity contribution is 6.30. The summed E-state index contributed by atoms with van der Waals surface area (Å²) >= 11 is 6.06. The summed E-state index contributed by atoms with van der Waals surface area (Å²) in [5.41, 5.74) is 4.44. The van der Waals surface area contributed by atoms with E-state index in [0.717, 1.165) is 29.3 Å². The van der Waals surface area contributed by atoms with E-state index in [2.05, 4.69) is 34.6 Å². The van der Waals surface area contributed by atoms with Gasteiger partial charge in [-0.15, -0.1) is 0 Å². The third-order valence-corrected chi connectivity index (χ3v) is 3.65. The number of nitrogens with one attached hydrogen (secondary N) is 1. The van der Waals surface area contributed by atoms with Crippen LogP contribution in [-0.2, 0) is 12.8 Å². The van der Waals surface area contributed by atoms with Crippen LogP contribution in [0.1, 0.15) is 35.5 Å². The molecule has 4 heteroatoms. The van der Waals surface area contributed by atoms with Crippen LogP contribution >= 0.6 is 11.6 Å². The van der Waals surface area contributed by atoms with Gasteiger partial charge < -0.3 is 5.32 Å². The molecule has 1 heterocycles. The minimum atomic E-state index is 0.220. The van der Waals surface area contributed by atoms with E-state index in [1.54, 1.807) is 0 Å². The fraction of sp³-hybridized carbons (Fsp3) is 0.375. The third kappa shape index (κ3) is 3.56. The van der Waals surface area contributed by atoms with Gasteiger partial charge in [-0.05, 0) is 56.1 Å². The Bertz CT molecular complexity index is 584. The van der Waals surface area contributed by atoms with Crippen molar-refractivity contribution in [3.63, 3.8) is 0 Å². The Labute approximate surface area is 125 Å². The molecule has 1 N–H and O–H groups in total. The van der Waals surface area contributed by atoms with E-state index in [4.69, 9.17) is 11.6 Å². The lowest BCUT2D eigenvalue weighted by molar-refractivity contribution is 0.578. The van der Waals surface area contributed by atoms with E-state index in [0.29, 0.717) is 0 Å². The van der Waals surface area contributed by atoms with Crippen LogP contribution < -0.4 is 5.32 Å². The van der Waals surface area contributed by atoms with Gasteiger partial charge in [0.1, 0.15) is 0 Å². The lowest BCUT2D eigenvalue weighted by atomic mass is 9.97. The number of halogens is 1. The summed E-state index contributed by atoms with van der Waals surface area (Å²) < 4.78 is 0. The second-order valence-electron chi connectivity index (χ2n) is 4.92. The average molecular weight is 290 g/mol. The van der Waals surface area contributed by atoms with E-state index in [1.165, 1.54) is 11.1 Å². The molecule has 20 heavy (non-hydrogen) atoms. The average Bonchev–Trinajstić information content (AvgIpc) is 2.45. The molecule has 0 bridgehead atoms. The largest absolute Gasteiger partial charge is 0.313 e. The monoisotopic (exact) mass is 289 g/mol. The van der Waals surface area contributed by atoms with Crippen LogP contribution in [0, 0.1) is 6.92 Å². The number of nitrogens with zero attached hydrogens (tertiary/aromatic N) is 2. The molecule has 0 aliphatic rings. The van der Waals surface area contributed by atoms with E-state index >= 15 is 0 Å². The van der Waals surface area contributed by atoms with Crippen molar-refractivity contribution in [2.75, 3.05) is 7.05 Å². The maximum Gasteiger partial charge on any atom is 0.0676 e. The Morgan fingerprint density at radius 2 is 2.05 bits per heavy atom. The number of rotatable bonds is 5. The first-order valence-electron chi connectivity index (χ1n) is 6.88. The van der Waals surface area contributed by atoms with Crippen molar-refractivity contribution in [1.29, 1.82) is 0 Å². The number of benzene rings is 1. The fourth-order valence-corrected chi connectivity index (χ4v) is 2.59. The lowest BCUT2D eigenvalue weighted by Crippen LogP contribution is -2.21. The van der Waals surface area contributed by atoms with Crippen molar-refractivity contribution < 1.29 is 0 Å². The quantitative estimate of drug-likeness (QED) is 0.915. The molecule has 1 aromatic carbocycles. The maximum absolute atomic E-state index is 6.06. The molecule has 0 spiro atoms. The fourth-order valence-electron chi connectivity index (χ4n) is 2.38. The lowest BCUT2D eigenvalue weighted by Gasteiger charge is -2.19. The van der Waals surface area contributed by atoms with Crippen LogP contribution in [0.5, 0.6) is 0 Å². The molecule has 0 aliphatic carbocycles. The van der Waals surface area contributed by atoms with Gasteiger partial charge in [0.25, 0.3) is 0 Å². The summed E-state index contributed by atoms with van der Waals surface area (Å²) in [7, 11) is 1.98. The van der Waals surface area contributed by atoms with Crippen molar-refractivity contribution in [2.45, 2.75) is 32.7 Å². The number of aryl methyl sites for hydroxylation is 2. The molecule has 3 nitrogen and oxygen atoms in total. The van der Waals surface area contributed by atoms with Gasteiger partial charge >= 0.3 is 0 Å². The first kappa shape index (κ1) is 14.9. The van der Waals surface area contributed by atoms with Crippen LogP contribution in [0.15, 0.2) is 30.3 Å². The van der Waals surface area contributed by atoms with E-state index in [1.807, 2.05) is 32.2 Å². The third-order valence-electron chi connectivity index (χ3n) is 3.41. The van der Waals surface area contributed by atoms with E-state index < -0.39 is 0 Å². The molecule has 0 amide bonds. The van der Waals surface area contributed by atoms with E-state index in [-0.39, 0.29) is 6.04 Å². The molecule has 0 fully saturated rings. The predicted octanol–water partition coefficient (Wildman–Crippen LogP) is 3.50. The molecule has 0 radical (unpaired) electrons. The maximum atomic E-state index is 6.06. The first-order chi connectivity index (χ1) is 9.63. The smallest absolute Gasteiger partial charge is 0.0676 e. The Morgan fingerprint density at radius 3 is 2.70 bits per heavy atom. The highest BCUT2D eigenvalue weighted by Crippen LogP contribution is 2.23. The number of aromatic nitrogens is 2. The van der Waals surface area contributed by atoms with Gasteiger partial charge in [0.15, 0.2) is 0 Å². The molecule has 106 valence electrons. The van der Waals surface area contributed by atoms with Crippen LogP contribution in [0.2, 0.25) is 5.02 Å². The van der Waals surface area contributed by atoms with Crippen molar-refractivity contribution in [3.05, 3.63) is 57.9 Å². The Morgan fingerprint density at radius 1 is 1.25 bits per heavy atom. The summed E-state index contributed by atoms with van der Waals surface area (Å²) in [5, 5.41) is 12.6. The summed E-state index contributed by atoms with van der Waals surface area (Å²) in [6.45, 7) is 4.08. The van der Waals surface area contributed by atoms with Gasteiger partial charge in [-0.25, -0.2) is 0 Å². The zero-order valence-corrected chi connectivity index (χ0v) is 12.9. The zero-order chi connectivity index (χ0) is 14.5. The van der Waals surface area contributed by atoms with Crippen molar-refractivity contribution in [1.82, 2.24) is 15.5 Å². The zero-order valence-electron chi connectivity index (χ0n) is 12.2. The molecule has 1 atom stereocenters. The van der Waals surface area contributed by atoms with Crippen LogP contribution in [0.25, 0.3) is 0 Å². The van der Waals surface area contributed by atoms with Crippen molar-refractivity contribution >= 4 is 11.6 Å². The highest BCUT2D eigenvalue weighted by Gasteiger charge is 2.15. The van der Waals surface area contributed by atoms with Gasteiger partial charge in [-0.3, -0.25) is 0 Å². The van der Waals surface area contributed by atoms with Gasteiger partial charge in [0, 0.05) is 11.1 Å². The Balaban J connectivity index is 2.30. The highest BCUT2D eigenvalue weighted by atomic mass is 35.5. The van der Waals surface area contributed by atoms with Crippen LogP contribution in [0.4, 0.5) is 0 Å². The van der Waals surface area contributed by atoms with Crippen molar-refractivity contribution in [3.8, 4) is 0 Å². The summed E-state index contributed by atoms with van der Waals surface area (Å²) in [6.07, 6.45) is 1.77. The van der Waals surface area contributed by atoms with Crippen molar-refractivity contribution in [2.24, 2.45) is 0 Å². The molecule has 2 rings (SSSR count). The SMILES string of the molecule is CCc1nnc(C)cc1C(Cc1cccc(Cl)c1)NC. The normalized spacial score (nSPS) is 12.4. The Kier molecular flexibility index (Phi) is 5.10. The second kappa shape index (κ2) is 6.82. The van der Waals surface area contributed by atoms with Gasteiger partial charge in [-0.2, -0.15) is 10.2 Å². The molecular formula is C16H20ClN3. The minimum Gasteiger partial charge on any atom is -0.313 e. The number of likely N-dealkylation sites (N-methyl/N-ethyl adjacent to an activating group) is 1. The van der Waals surface area contributed by atoms with Gasteiger partial charge in [-0.1, -0.05) is 30.7 Å². The molecule has 1 unspecified atom stereocenters. The molecule has 0 aliphatic heterocycles. The summed E-state index contributed by atoms with van der Waals surface area (Å²) in [6, 6.07) is 10.3. The molecule has 0 saturated heterocycles. The van der Waals surface area contributed by atoms with Crippen LogP contribution in [-0.4, -0.2) is 17.2 Å². The number of hydrogen-bond acceptors (Lipinski definition) is 3. The predicted molar refractivity (Wildman–Crippen MR) is 83.1 cm³/mol. The molecule has 0 saturated carbocycles. The topological polar surface area (TPSA) is 37.8 Å². The van der Waals surface area contributed by atoms with Gasteiger partial charge in [0.05, 0.1) is 11.4 Å². The number of hydrogen-bond donors (Lipinski definition) is 1. The molecular weight excluding hydrogens is 270 g/mol. The Hall–Kier alpha value is -1.45. The molecule has 1 aromatic heterocycles. The minimum absolute atomic E-state index is 0.220. The van der Waals surface area contributed by atoms with Crippen LogP contribution in [0.3, 0.4) is 0 Å². The first-order valence-corrected chi connectivity index (χ1v) is 7.26. The van der Waals surface area contributed by atoms with E-state index in [9.17, 15) is 0 Å². The standard InChI is InChI=1S/C16H20ClN3/c1-4-15-14(8-11(2)19-20-15)16(18-3)10-12-6-5-7-13(17)9-12/h5-9,16,18H,4,10H2,1-3H3.